The first-order valence-corrected chi connectivity index (χ1v) is 8.67. The Balaban J connectivity index is 1.89. The second kappa shape index (κ2) is 6.38. The van der Waals surface area contributed by atoms with Gasteiger partial charge in [0.2, 0.25) is 15.9 Å². The molecule has 0 aromatic rings. The lowest BCUT2D eigenvalue weighted by Gasteiger charge is -2.34. The molecule has 0 unspecified atom stereocenters. The standard InChI is InChI=1S/C12H22N2O5S/c1-18-8-6-13-12(15)11-4-3-9-10(19-11)5-7-14(9)20(2,16)17/h9-11H,3-8H2,1-2H3,(H,13,15)/t9-,10-,11-/m1/s1. The van der Waals surface area contributed by atoms with E-state index in [-0.39, 0.29) is 18.1 Å². The number of hydrogen-bond donors (Lipinski definition) is 1. The van der Waals surface area contributed by atoms with Gasteiger partial charge in [-0.2, -0.15) is 4.31 Å². The molecule has 2 aliphatic rings. The van der Waals surface area contributed by atoms with Crippen LogP contribution in [-0.4, -0.2) is 69.9 Å². The molecule has 20 heavy (non-hydrogen) atoms. The van der Waals surface area contributed by atoms with Gasteiger partial charge in [-0.15, -0.1) is 0 Å². The van der Waals surface area contributed by atoms with Crippen LogP contribution in [0.3, 0.4) is 0 Å². The minimum atomic E-state index is -3.19. The van der Waals surface area contributed by atoms with Gasteiger partial charge in [-0.3, -0.25) is 4.79 Å². The van der Waals surface area contributed by atoms with Crippen LogP contribution < -0.4 is 5.32 Å². The molecular weight excluding hydrogens is 284 g/mol. The molecule has 0 spiro atoms. The number of nitrogens with zero attached hydrogens (tertiary/aromatic N) is 1. The Morgan fingerprint density at radius 2 is 2.15 bits per heavy atom. The average Bonchev–Trinajstić information content (AvgIpc) is 2.81. The summed E-state index contributed by atoms with van der Waals surface area (Å²) in [5.74, 6) is -0.140. The van der Waals surface area contributed by atoms with Crippen LogP contribution in [0.4, 0.5) is 0 Å². The maximum Gasteiger partial charge on any atom is 0.249 e. The van der Waals surface area contributed by atoms with Gasteiger partial charge in [0.1, 0.15) is 6.10 Å². The Morgan fingerprint density at radius 3 is 2.80 bits per heavy atom. The largest absolute Gasteiger partial charge is 0.383 e. The Kier molecular flexibility index (Phi) is 5.00. The molecule has 7 nitrogen and oxygen atoms in total. The van der Waals surface area contributed by atoms with E-state index in [4.69, 9.17) is 9.47 Å². The van der Waals surface area contributed by atoms with Crippen LogP contribution >= 0.6 is 0 Å². The van der Waals surface area contributed by atoms with Crippen LogP contribution in [0.15, 0.2) is 0 Å². The molecule has 2 saturated heterocycles. The summed E-state index contributed by atoms with van der Waals surface area (Å²) in [6, 6.07) is -0.118. The molecule has 1 amide bonds. The lowest BCUT2D eigenvalue weighted by atomic mass is 9.99. The first-order valence-electron chi connectivity index (χ1n) is 6.82. The van der Waals surface area contributed by atoms with Gasteiger partial charge in [-0.1, -0.05) is 0 Å². The van der Waals surface area contributed by atoms with Crippen LogP contribution in [0.1, 0.15) is 19.3 Å². The average molecular weight is 306 g/mol. The molecule has 116 valence electrons. The summed E-state index contributed by atoms with van der Waals surface area (Å²) in [6.07, 6.45) is 2.44. The summed E-state index contributed by atoms with van der Waals surface area (Å²) in [7, 11) is -1.62. The van der Waals surface area contributed by atoms with E-state index in [9.17, 15) is 13.2 Å². The van der Waals surface area contributed by atoms with Crippen molar-refractivity contribution in [3.05, 3.63) is 0 Å². The number of rotatable bonds is 5. The zero-order valence-corrected chi connectivity index (χ0v) is 12.7. The maximum atomic E-state index is 11.9. The molecule has 3 atom stereocenters. The molecule has 2 aliphatic heterocycles. The smallest absolute Gasteiger partial charge is 0.249 e. The number of methoxy groups -OCH3 is 1. The Labute approximate surface area is 119 Å². The number of carbonyl (C=O) groups excluding carboxylic acids is 1. The lowest BCUT2D eigenvalue weighted by Crippen LogP contribution is -2.49. The van der Waals surface area contributed by atoms with Gasteiger partial charge in [-0.05, 0) is 19.3 Å². The topological polar surface area (TPSA) is 84.9 Å². The number of fused-ring (bicyclic) bond motifs is 1. The predicted octanol–water partition coefficient (Wildman–Crippen LogP) is -0.669. The van der Waals surface area contributed by atoms with Gasteiger partial charge in [0.05, 0.1) is 25.0 Å². The summed E-state index contributed by atoms with van der Waals surface area (Å²) in [4.78, 5) is 11.9. The fraction of sp³-hybridized carbons (Fsp3) is 0.917. The molecule has 0 aromatic heterocycles. The van der Waals surface area contributed by atoms with Gasteiger partial charge in [-0.25, -0.2) is 8.42 Å². The fourth-order valence-corrected chi connectivity index (χ4v) is 4.05. The highest BCUT2D eigenvalue weighted by Gasteiger charge is 2.44. The Hall–Kier alpha value is -0.700. The molecule has 2 heterocycles. The second-order valence-corrected chi connectivity index (χ2v) is 7.19. The van der Waals surface area contributed by atoms with Gasteiger partial charge in [0.25, 0.3) is 0 Å². The number of amides is 1. The highest BCUT2D eigenvalue weighted by molar-refractivity contribution is 7.88. The van der Waals surface area contributed by atoms with Crippen molar-refractivity contribution in [2.24, 2.45) is 0 Å². The maximum absolute atomic E-state index is 11.9. The van der Waals surface area contributed by atoms with E-state index in [2.05, 4.69) is 5.32 Å². The van der Waals surface area contributed by atoms with Gasteiger partial charge < -0.3 is 14.8 Å². The number of nitrogens with one attached hydrogen (secondary N) is 1. The third kappa shape index (κ3) is 3.49. The zero-order chi connectivity index (χ0) is 14.8. The minimum absolute atomic E-state index is 0.118. The lowest BCUT2D eigenvalue weighted by molar-refractivity contribution is -0.143. The minimum Gasteiger partial charge on any atom is -0.383 e. The van der Waals surface area contributed by atoms with E-state index in [1.165, 1.54) is 10.6 Å². The van der Waals surface area contributed by atoms with E-state index in [0.717, 1.165) is 0 Å². The number of hydrogen-bond acceptors (Lipinski definition) is 5. The van der Waals surface area contributed by atoms with E-state index in [1.54, 1.807) is 7.11 Å². The van der Waals surface area contributed by atoms with E-state index < -0.39 is 16.1 Å². The normalized spacial score (nSPS) is 31.0. The summed E-state index contributed by atoms with van der Waals surface area (Å²) in [5, 5.41) is 2.75. The highest BCUT2D eigenvalue weighted by Crippen LogP contribution is 2.32. The van der Waals surface area contributed by atoms with E-state index in [1.807, 2.05) is 0 Å². The van der Waals surface area contributed by atoms with Crippen molar-refractivity contribution in [2.75, 3.05) is 33.1 Å². The van der Waals surface area contributed by atoms with Crippen LogP contribution in [0.5, 0.6) is 0 Å². The molecule has 0 saturated carbocycles. The molecule has 8 heteroatoms. The first kappa shape index (κ1) is 15.7. The molecule has 1 N–H and O–H groups in total. The molecule has 0 aromatic carbocycles. The van der Waals surface area contributed by atoms with E-state index >= 15 is 0 Å². The van der Waals surface area contributed by atoms with Crippen LogP contribution in [0.2, 0.25) is 0 Å². The molecule has 2 fully saturated rings. The quantitative estimate of drug-likeness (QED) is 0.681. The van der Waals surface area contributed by atoms with Crippen LogP contribution in [0.25, 0.3) is 0 Å². The van der Waals surface area contributed by atoms with Crippen molar-refractivity contribution in [2.45, 2.75) is 37.5 Å². The van der Waals surface area contributed by atoms with Gasteiger partial charge >= 0.3 is 0 Å². The Bertz CT molecular complexity index is 453. The van der Waals surface area contributed by atoms with Crippen molar-refractivity contribution in [3.8, 4) is 0 Å². The molecule has 0 aliphatic carbocycles. The van der Waals surface area contributed by atoms with Gasteiger partial charge in [0.15, 0.2) is 0 Å². The van der Waals surface area contributed by atoms with Gasteiger partial charge in [0, 0.05) is 20.2 Å². The SMILES string of the molecule is COCCNC(=O)[C@H]1CC[C@@H]2[C@@H](CCN2S(C)(=O)=O)O1. The summed E-state index contributed by atoms with van der Waals surface area (Å²) in [5.41, 5.74) is 0. The number of carbonyl (C=O) groups is 1. The Morgan fingerprint density at radius 1 is 1.40 bits per heavy atom. The van der Waals surface area contributed by atoms with Crippen molar-refractivity contribution in [1.82, 2.24) is 9.62 Å². The summed E-state index contributed by atoms with van der Waals surface area (Å²) in [6.45, 7) is 1.40. The first-order chi connectivity index (χ1) is 9.43. The molecule has 0 radical (unpaired) electrons. The molecular formula is C12H22N2O5S. The number of sulfonamides is 1. The monoisotopic (exact) mass is 306 g/mol. The molecule has 2 rings (SSSR count). The van der Waals surface area contributed by atoms with Crippen molar-refractivity contribution in [1.29, 1.82) is 0 Å². The predicted molar refractivity (Wildman–Crippen MR) is 72.7 cm³/mol. The highest BCUT2D eigenvalue weighted by atomic mass is 32.2. The summed E-state index contributed by atoms with van der Waals surface area (Å²) < 4.78 is 35.4. The fourth-order valence-electron chi connectivity index (χ4n) is 2.88. The van der Waals surface area contributed by atoms with E-state index in [0.29, 0.717) is 39.0 Å². The zero-order valence-electron chi connectivity index (χ0n) is 11.9. The van der Waals surface area contributed by atoms with Crippen molar-refractivity contribution >= 4 is 15.9 Å². The van der Waals surface area contributed by atoms with Crippen molar-refractivity contribution in [3.63, 3.8) is 0 Å². The second-order valence-electron chi connectivity index (χ2n) is 5.25. The molecule has 0 bridgehead atoms. The number of ether oxygens (including phenoxy) is 2. The van der Waals surface area contributed by atoms with Crippen LogP contribution in [-0.2, 0) is 24.3 Å². The van der Waals surface area contributed by atoms with Crippen LogP contribution in [0, 0.1) is 0 Å². The third-order valence-electron chi connectivity index (χ3n) is 3.82. The third-order valence-corrected chi connectivity index (χ3v) is 5.13. The van der Waals surface area contributed by atoms with Crippen molar-refractivity contribution < 1.29 is 22.7 Å². The summed E-state index contributed by atoms with van der Waals surface area (Å²) >= 11 is 0.